The molecule has 0 saturated heterocycles. The van der Waals surface area contributed by atoms with E-state index < -0.39 is 0 Å². The summed E-state index contributed by atoms with van der Waals surface area (Å²) < 4.78 is 10.2. The van der Waals surface area contributed by atoms with Crippen LogP contribution in [-0.4, -0.2) is 20.2 Å². The van der Waals surface area contributed by atoms with Gasteiger partial charge in [-0.25, -0.2) is 4.79 Å². The molecule has 2 aromatic rings. The second-order valence-electron chi connectivity index (χ2n) is 6.32. The number of carbonyl (C=O) groups is 1. The molecule has 0 atom stereocenters. The Hall–Kier alpha value is -2.55. The number of benzene rings is 2. The summed E-state index contributed by atoms with van der Waals surface area (Å²) in [6, 6.07) is 14.5. The fourth-order valence-corrected chi connectivity index (χ4v) is 2.95. The van der Waals surface area contributed by atoms with Gasteiger partial charge in [0.2, 0.25) is 0 Å². The summed E-state index contributed by atoms with van der Waals surface area (Å²) >= 11 is 0. The molecule has 0 aliphatic carbocycles. The zero-order valence-electron chi connectivity index (χ0n) is 16.0. The molecule has 0 aromatic heterocycles. The molecule has 0 amide bonds. The summed E-state index contributed by atoms with van der Waals surface area (Å²) in [5.74, 6) is 0.598. The first-order valence-electron chi connectivity index (χ1n) is 9.21. The summed E-state index contributed by atoms with van der Waals surface area (Å²) in [5.41, 5.74) is 4.49. The average Bonchev–Trinajstić information content (AvgIpc) is 2.69. The lowest BCUT2D eigenvalue weighted by molar-refractivity contribution is -0.134. The smallest absolute Gasteiger partial charge is 0.330 e. The monoisotopic (exact) mass is 352 g/mol. The molecule has 138 valence electrons. The van der Waals surface area contributed by atoms with Crippen molar-refractivity contribution in [2.45, 2.75) is 39.0 Å². The summed E-state index contributed by atoms with van der Waals surface area (Å²) in [6.45, 7) is 2.23. The van der Waals surface area contributed by atoms with Gasteiger partial charge in [-0.2, -0.15) is 0 Å². The maximum absolute atomic E-state index is 11.3. The Bertz CT molecular complexity index is 747. The molecule has 2 rings (SSSR count). The van der Waals surface area contributed by atoms with Crippen molar-refractivity contribution in [2.24, 2.45) is 0 Å². The van der Waals surface area contributed by atoms with Gasteiger partial charge in [0, 0.05) is 6.08 Å². The molecule has 0 bridgehead atoms. The molecule has 3 heteroatoms. The predicted molar refractivity (Wildman–Crippen MR) is 107 cm³/mol. The Balaban J connectivity index is 2.22. The van der Waals surface area contributed by atoms with Gasteiger partial charge in [0.25, 0.3) is 0 Å². The maximum atomic E-state index is 11.3. The number of ether oxygens (including phenoxy) is 2. The highest BCUT2D eigenvalue weighted by Crippen LogP contribution is 2.28. The molecule has 0 spiro atoms. The van der Waals surface area contributed by atoms with Gasteiger partial charge in [-0.15, -0.1) is 0 Å². The minimum absolute atomic E-state index is 0.353. The van der Waals surface area contributed by atoms with Gasteiger partial charge in [0.05, 0.1) is 14.2 Å². The van der Waals surface area contributed by atoms with Crippen LogP contribution < -0.4 is 4.74 Å². The normalized spacial score (nSPS) is 10.9. The van der Waals surface area contributed by atoms with E-state index >= 15 is 0 Å². The number of carbonyl (C=O) groups excluding carboxylic acids is 1. The van der Waals surface area contributed by atoms with Crippen molar-refractivity contribution in [3.63, 3.8) is 0 Å². The zero-order chi connectivity index (χ0) is 18.8. The molecule has 0 aliphatic heterocycles. The minimum Gasteiger partial charge on any atom is -0.496 e. The molecule has 0 radical (unpaired) electrons. The summed E-state index contributed by atoms with van der Waals surface area (Å²) in [4.78, 5) is 11.3. The van der Waals surface area contributed by atoms with Gasteiger partial charge in [-0.3, -0.25) is 0 Å². The highest BCUT2D eigenvalue weighted by Gasteiger charge is 2.07. The lowest BCUT2D eigenvalue weighted by atomic mass is 9.98. The molecule has 26 heavy (non-hydrogen) atoms. The van der Waals surface area contributed by atoms with Crippen molar-refractivity contribution >= 4 is 12.0 Å². The van der Waals surface area contributed by atoms with Crippen LogP contribution in [0.5, 0.6) is 5.75 Å². The molecule has 0 fully saturated rings. The first-order valence-corrected chi connectivity index (χ1v) is 9.21. The summed E-state index contributed by atoms with van der Waals surface area (Å²) in [5, 5.41) is 0. The first kappa shape index (κ1) is 19.8. The summed E-state index contributed by atoms with van der Waals surface area (Å²) in [6.07, 6.45) is 9.17. The molecule has 0 aliphatic rings. The molecule has 3 nitrogen and oxygen atoms in total. The quantitative estimate of drug-likeness (QED) is 0.331. The second-order valence-corrected chi connectivity index (χ2v) is 6.32. The van der Waals surface area contributed by atoms with Crippen LogP contribution in [-0.2, 0) is 16.0 Å². The van der Waals surface area contributed by atoms with Crippen molar-refractivity contribution in [2.75, 3.05) is 14.2 Å². The molecular formula is C23H28O3. The van der Waals surface area contributed by atoms with Crippen molar-refractivity contribution < 1.29 is 14.3 Å². The second kappa shape index (κ2) is 10.4. The van der Waals surface area contributed by atoms with Crippen LogP contribution in [0.1, 0.15) is 43.7 Å². The van der Waals surface area contributed by atoms with E-state index in [0.717, 1.165) is 28.9 Å². The number of methoxy groups -OCH3 is 2. The highest BCUT2D eigenvalue weighted by molar-refractivity contribution is 5.87. The van der Waals surface area contributed by atoms with E-state index in [2.05, 4.69) is 35.9 Å². The van der Waals surface area contributed by atoms with Gasteiger partial charge in [-0.1, -0.05) is 50.5 Å². The Morgan fingerprint density at radius 3 is 2.54 bits per heavy atom. The van der Waals surface area contributed by atoms with E-state index in [9.17, 15) is 4.79 Å². The largest absolute Gasteiger partial charge is 0.496 e. The number of rotatable bonds is 9. The van der Waals surface area contributed by atoms with Crippen molar-refractivity contribution in [3.05, 3.63) is 59.7 Å². The van der Waals surface area contributed by atoms with Gasteiger partial charge in [0.1, 0.15) is 5.75 Å². The number of hydrogen-bond donors (Lipinski definition) is 0. The van der Waals surface area contributed by atoms with Crippen LogP contribution in [0, 0.1) is 0 Å². The fourth-order valence-electron chi connectivity index (χ4n) is 2.95. The summed E-state index contributed by atoms with van der Waals surface area (Å²) in [7, 11) is 3.10. The number of esters is 1. The van der Waals surface area contributed by atoms with Gasteiger partial charge in [-0.05, 0) is 59.4 Å². The third kappa shape index (κ3) is 5.76. The minimum atomic E-state index is -0.353. The number of hydrogen-bond acceptors (Lipinski definition) is 3. The fraction of sp³-hybridized carbons (Fsp3) is 0.348. The van der Waals surface area contributed by atoms with Crippen molar-refractivity contribution in [1.29, 1.82) is 0 Å². The van der Waals surface area contributed by atoms with Gasteiger partial charge < -0.3 is 9.47 Å². The van der Waals surface area contributed by atoms with E-state index in [-0.39, 0.29) is 5.97 Å². The molecule has 0 N–H and O–H groups in total. The Kier molecular flexibility index (Phi) is 7.94. The number of aryl methyl sites for hydroxylation is 1. The third-order valence-electron chi connectivity index (χ3n) is 4.41. The molecular weight excluding hydrogens is 324 g/mol. The van der Waals surface area contributed by atoms with E-state index in [0.29, 0.717) is 0 Å². The highest BCUT2D eigenvalue weighted by atomic mass is 16.5. The Morgan fingerprint density at radius 1 is 1.00 bits per heavy atom. The topological polar surface area (TPSA) is 35.5 Å². The Morgan fingerprint density at radius 2 is 1.81 bits per heavy atom. The lowest BCUT2D eigenvalue weighted by Gasteiger charge is -2.11. The molecule has 0 saturated carbocycles. The van der Waals surface area contributed by atoms with Crippen LogP contribution in [0.25, 0.3) is 17.2 Å². The maximum Gasteiger partial charge on any atom is 0.330 e. The average molecular weight is 352 g/mol. The van der Waals surface area contributed by atoms with Crippen molar-refractivity contribution in [3.8, 4) is 16.9 Å². The molecule has 0 unspecified atom stereocenters. The predicted octanol–water partition coefficient (Wildman–Crippen LogP) is 5.67. The van der Waals surface area contributed by atoms with Crippen LogP contribution in [0.3, 0.4) is 0 Å². The lowest BCUT2D eigenvalue weighted by Crippen LogP contribution is -1.94. The van der Waals surface area contributed by atoms with Crippen LogP contribution in [0.15, 0.2) is 48.5 Å². The van der Waals surface area contributed by atoms with Crippen LogP contribution in [0.4, 0.5) is 0 Å². The molecule has 0 heterocycles. The van der Waals surface area contributed by atoms with Gasteiger partial charge >= 0.3 is 5.97 Å². The molecule has 2 aromatic carbocycles. The van der Waals surface area contributed by atoms with Gasteiger partial charge in [0.15, 0.2) is 0 Å². The standard InChI is InChI=1S/C23H28O3/c1-4-5-6-7-10-21-17-20(13-14-22(21)25-2)19-11-8-9-18(16-19)12-15-23(24)26-3/h8-9,11-17H,4-7,10H2,1-3H3/b15-12+. The number of unbranched alkanes of at least 4 members (excludes halogenated alkanes) is 3. The van der Waals surface area contributed by atoms with E-state index in [1.165, 1.54) is 44.4 Å². The SMILES string of the molecule is CCCCCCc1cc(-c2cccc(/C=C/C(=O)OC)c2)ccc1OC. The van der Waals surface area contributed by atoms with E-state index in [1.807, 2.05) is 18.2 Å². The van der Waals surface area contributed by atoms with Crippen molar-refractivity contribution in [1.82, 2.24) is 0 Å². The third-order valence-corrected chi connectivity index (χ3v) is 4.41. The zero-order valence-corrected chi connectivity index (χ0v) is 16.0. The van der Waals surface area contributed by atoms with E-state index in [1.54, 1.807) is 13.2 Å². The van der Waals surface area contributed by atoms with Crippen LogP contribution in [0.2, 0.25) is 0 Å². The van der Waals surface area contributed by atoms with E-state index in [4.69, 9.17) is 4.74 Å². The Labute approximate surface area is 156 Å². The first-order chi connectivity index (χ1) is 12.7. The van der Waals surface area contributed by atoms with Crippen LogP contribution >= 0.6 is 0 Å².